The molecule has 2 atom stereocenters. The van der Waals surface area contributed by atoms with Crippen molar-refractivity contribution < 1.29 is 22.4 Å². The van der Waals surface area contributed by atoms with Crippen molar-refractivity contribution in [3.05, 3.63) is 76.7 Å². The number of rotatable bonds is 2. The second-order valence-corrected chi connectivity index (χ2v) is 11.9. The Balaban J connectivity index is 1.79. The SMILES string of the molecule is CC1(C)CC(=O)C2C(=Nc3c(c(C(C)(C)C)nn3-c3ccc(F)cc3)C2c2ccc(C(F)(F)F)cc2)C1. The van der Waals surface area contributed by atoms with Gasteiger partial charge in [-0.2, -0.15) is 18.3 Å². The van der Waals surface area contributed by atoms with Gasteiger partial charge in [-0.1, -0.05) is 46.8 Å². The van der Waals surface area contributed by atoms with Crippen molar-refractivity contribution >= 4 is 17.3 Å². The Morgan fingerprint density at radius 1 is 0.919 bits per heavy atom. The Bertz CT molecular complexity index is 1390. The van der Waals surface area contributed by atoms with Crippen molar-refractivity contribution in [3.8, 4) is 5.69 Å². The Hall–Kier alpha value is -3.29. The predicted molar refractivity (Wildman–Crippen MR) is 134 cm³/mol. The standard InChI is InChI=1S/C29H29F4N3O/c1-27(2,3)25-24-22(16-6-8-17(9-7-16)29(31,32)33)23-20(14-28(4,5)15-21(23)37)34-26(24)36(35-25)19-12-10-18(30)11-13-19/h6-13,22-23H,14-15H2,1-5H3. The quantitative estimate of drug-likeness (QED) is 0.334. The molecule has 1 aliphatic heterocycles. The van der Waals surface area contributed by atoms with Gasteiger partial charge in [-0.05, 0) is 53.8 Å². The summed E-state index contributed by atoms with van der Waals surface area (Å²) in [4.78, 5) is 18.6. The van der Waals surface area contributed by atoms with Crippen LogP contribution >= 0.6 is 0 Å². The van der Waals surface area contributed by atoms with E-state index in [-0.39, 0.29) is 17.0 Å². The maximum absolute atomic E-state index is 13.7. The molecule has 2 aromatic carbocycles. The number of benzene rings is 2. The van der Waals surface area contributed by atoms with Gasteiger partial charge in [0.25, 0.3) is 0 Å². The average Bonchev–Trinajstić information content (AvgIpc) is 3.16. The molecule has 1 saturated carbocycles. The van der Waals surface area contributed by atoms with Crippen LogP contribution in [-0.4, -0.2) is 21.3 Å². The molecule has 4 nitrogen and oxygen atoms in total. The highest BCUT2D eigenvalue weighted by atomic mass is 19.4. The van der Waals surface area contributed by atoms with Crippen molar-refractivity contribution in [1.29, 1.82) is 0 Å². The molecule has 2 unspecified atom stereocenters. The van der Waals surface area contributed by atoms with Gasteiger partial charge in [-0.15, -0.1) is 0 Å². The van der Waals surface area contributed by atoms with Crippen LogP contribution < -0.4 is 0 Å². The van der Waals surface area contributed by atoms with Gasteiger partial charge in [0.2, 0.25) is 0 Å². The summed E-state index contributed by atoms with van der Waals surface area (Å²) in [5.41, 5.74) is 1.90. The highest BCUT2D eigenvalue weighted by Gasteiger charge is 2.48. The molecule has 8 heteroatoms. The van der Waals surface area contributed by atoms with E-state index >= 15 is 0 Å². The van der Waals surface area contributed by atoms with Crippen LogP contribution in [0.1, 0.15) is 75.8 Å². The molecule has 1 fully saturated rings. The number of carbonyl (C=O) groups is 1. The number of aliphatic imine (C=N–C) groups is 1. The highest BCUT2D eigenvalue weighted by molar-refractivity contribution is 6.11. The van der Waals surface area contributed by atoms with Gasteiger partial charge in [0.05, 0.1) is 22.9 Å². The Morgan fingerprint density at radius 3 is 2.11 bits per heavy atom. The molecule has 3 aromatic rings. The summed E-state index contributed by atoms with van der Waals surface area (Å²) in [6, 6.07) is 11.0. The first-order valence-electron chi connectivity index (χ1n) is 12.3. The Kier molecular flexibility index (Phi) is 5.73. The van der Waals surface area contributed by atoms with Crippen molar-refractivity contribution in [2.75, 3.05) is 0 Å². The van der Waals surface area contributed by atoms with Gasteiger partial charge < -0.3 is 0 Å². The van der Waals surface area contributed by atoms with Gasteiger partial charge >= 0.3 is 6.18 Å². The topological polar surface area (TPSA) is 47.2 Å². The third-order valence-electron chi connectivity index (χ3n) is 7.19. The number of carbonyl (C=O) groups excluding carboxylic acids is 1. The fourth-order valence-electron chi connectivity index (χ4n) is 5.59. The first kappa shape index (κ1) is 25.4. The fourth-order valence-corrected chi connectivity index (χ4v) is 5.59. The number of Topliss-reactive ketones (excluding diaryl/α,β-unsaturated/α-hetero) is 1. The van der Waals surface area contributed by atoms with Gasteiger partial charge in [-0.3, -0.25) is 4.79 Å². The lowest BCUT2D eigenvalue weighted by atomic mass is 9.63. The van der Waals surface area contributed by atoms with Crippen LogP contribution in [0.2, 0.25) is 0 Å². The maximum Gasteiger partial charge on any atom is 0.416 e. The fraction of sp³-hybridized carbons (Fsp3) is 0.414. The van der Waals surface area contributed by atoms with Crippen LogP contribution in [0, 0.1) is 17.2 Å². The number of fused-ring (bicyclic) bond motifs is 2. The number of nitrogens with zero attached hydrogens (tertiary/aromatic N) is 3. The molecule has 0 radical (unpaired) electrons. The molecule has 0 spiro atoms. The largest absolute Gasteiger partial charge is 0.416 e. The van der Waals surface area contributed by atoms with Crippen LogP contribution in [-0.2, 0) is 16.4 Å². The van der Waals surface area contributed by atoms with E-state index in [0.29, 0.717) is 41.3 Å². The summed E-state index contributed by atoms with van der Waals surface area (Å²) in [5, 5.41) is 4.91. The van der Waals surface area contributed by atoms with Crippen LogP contribution in [0.25, 0.3) is 5.69 Å². The summed E-state index contributed by atoms with van der Waals surface area (Å²) in [7, 11) is 0. The van der Waals surface area contributed by atoms with Crippen molar-refractivity contribution in [3.63, 3.8) is 0 Å². The van der Waals surface area contributed by atoms with Crippen LogP contribution in [0.4, 0.5) is 23.4 Å². The van der Waals surface area contributed by atoms with E-state index in [9.17, 15) is 22.4 Å². The van der Waals surface area contributed by atoms with Crippen LogP contribution in [0.3, 0.4) is 0 Å². The molecule has 0 bridgehead atoms. The van der Waals surface area contributed by atoms with Crippen LogP contribution in [0.15, 0.2) is 53.5 Å². The van der Waals surface area contributed by atoms with Crippen molar-refractivity contribution in [2.24, 2.45) is 16.3 Å². The smallest absolute Gasteiger partial charge is 0.299 e. The maximum atomic E-state index is 13.7. The number of hydrogen-bond acceptors (Lipinski definition) is 3. The minimum absolute atomic E-state index is 0.0277. The van der Waals surface area contributed by atoms with E-state index in [0.717, 1.165) is 17.7 Å². The molecule has 0 saturated heterocycles. The third-order valence-corrected chi connectivity index (χ3v) is 7.19. The zero-order valence-corrected chi connectivity index (χ0v) is 21.4. The Morgan fingerprint density at radius 2 is 1.54 bits per heavy atom. The monoisotopic (exact) mass is 511 g/mol. The first-order chi connectivity index (χ1) is 17.2. The average molecular weight is 512 g/mol. The molecule has 0 N–H and O–H groups in total. The first-order valence-corrected chi connectivity index (χ1v) is 12.3. The zero-order chi connectivity index (χ0) is 26.9. The molecule has 1 aliphatic carbocycles. The summed E-state index contributed by atoms with van der Waals surface area (Å²) in [6.45, 7) is 10.0. The third kappa shape index (κ3) is 4.51. The van der Waals surface area contributed by atoms with Crippen molar-refractivity contribution in [2.45, 2.75) is 65.0 Å². The van der Waals surface area contributed by atoms with Crippen molar-refractivity contribution in [1.82, 2.24) is 9.78 Å². The zero-order valence-electron chi connectivity index (χ0n) is 21.4. The minimum atomic E-state index is -4.46. The molecule has 2 aliphatic rings. The summed E-state index contributed by atoms with van der Waals surface area (Å²) < 4.78 is 55.4. The molecule has 5 rings (SSSR count). The number of ketones is 1. The van der Waals surface area contributed by atoms with E-state index in [4.69, 9.17) is 10.1 Å². The van der Waals surface area contributed by atoms with Crippen LogP contribution in [0.5, 0.6) is 0 Å². The van der Waals surface area contributed by atoms with Gasteiger partial charge in [0.1, 0.15) is 11.6 Å². The number of hydrogen-bond donors (Lipinski definition) is 0. The number of alkyl halides is 3. The lowest BCUT2D eigenvalue weighted by Crippen LogP contribution is -2.42. The summed E-state index contributed by atoms with van der Waals surface area (Å²) in [5.74, 6) is -0.923. The number of halogens is 4. The van der Waals surface area contributed by atoms with E-state index in [1.165, 1.54) is 24.3 Å². The molecular formula is C29H29F4N3O. The van der Waals surface area contributed by atoms with Gasteiger partial charge in [0.15, 0.2) is 5.82 Å². The molecule has 0 amide bonds. The normalized spacial score (nSPS) is 21.3. The summed E-state index contributed by atoms with van der Waals surface area (Å²) in [6.07, 6.45) is -3.52. The van der Waals surface area contributed by atoms with E-state index < -0.39 is 29.0 Å². The summed E-state index contributed by atoms with van der Waals surface area (Å²) >= 11 is 0. The highest BCUT2D eigenvalue weighted by Crippen LogP contribution is 2.52. The van der Waals surface area contributed by atoms with E-state index in [2.05, 4.69) is 0 Å². The number of aromatic nitrogens is 2. The molecule has 37 heavy (non-hydrogen) atoms. The van der Waals surface area contributed by atoms with Gasteiger partial charge in [0, 0.05) is 29.0 Å². The molecule has 2 heterocycles. The van der Waals surface area contributed by atoms with E-state index in [1.807, 2.05) is 34.6 Å². The second-order valence-electron chi connectivity index (χ2n) is 11.9. The van der Waals surface area contributed by atoms with Gasteiger partial charge in [-0.25, -0.2) is 14.1 Å². The predicted octanol–water partition coefficient (Wildman–Crippen LogP) is 7.55. The lowest BCUT2D eigenvalue weighted by molar-refractivity contribution is -0.137. The van der Waals surface area contributed by atoms with E-state index in [1.54, 1.807) is 16.8 Å². The molecule has 1 aromatic heterocycles. The minimum Gasteiger partial charge on any atom is -0.299 e. The Labute approximate surface area is 213 Å². The molecule has 194 valence electrons. The lowest BCUT2D eigenvalue weighted by Gasteiger charge is -2.41. The second kappa shape index (κ2) is 8.36. The molecular weight excluding hydrogens is 482 g/mol.